The zero-order chi connectivity index (χ0) is 13.8. The first-order valence-corrected chi connectivity index (χ1v) is 5.87. The Morgan fingerprint density at radius 1 is 1.28 bits per heavy atom. The first-order valence-electron chi connectivity index (χ1n) is 5.87. The van der Waals surface area contributed by atoms with Crippen LogP contribution >= 0.6 is 0 Å². The molecule has 0 saturated heterocycles. The lowest BCUT2D eigenvalue weighted by Gasteiger charge is -2.30. The first-order chi connectivity index (χ1) is 8.52. The number of hydrogen-bond donors (Lipinski definition) is 2. The number of aliphatic hydroxyl groups is 2. The predicted octanol–water partition coefficient (Wildman–Crippen LogP) is 1.08. The zero-order valence-corrected chi connectivity index (χ0v) is 11.2. The summed E-state index contributed by atoms with van der Waals surface area (Å²) >= 11 is 0. The van der Waals surface area contributed by atoms with Gasteiger partial charge in [0.2, 0.25) is 11.8 Å². The van der Waals surface area contributed by atoms with Gasteiger partial charge in [0.15, 0.2) is 0 Å². The fourth-order valence-corrected chi connectivity index (χ4v) is 1.69. The molecule has 18 heavy (non-hydrogen) atoms. The minimum atomic E-state index is -1.24. The van der Waals surface area contributed by atoms with Gasteiger partial charge in [0.1, 0.15) is 11.8 Å². The Morgan fingerprint density at radius 3 is 2.33 bits per heavy atom. The summed E-state index contributed by atoms with van der Waals surface area (Å²) < 4.78 is 10.0. The molecule has 6 nitrogen and oxygen atoms in total. The Labute approximate surface area is 107 Å². The van der Waals surface area contributed by atoms with Crippen molar-refractivity contribution in [2.24, 2.45) is 0 Å². The summed E-state index contributed by atoms with van der Waals surface area (Å²) in [7, 11) is 2.89. The second kappa shape index (κ2) is 5.97. The molecule has 0 radical (unpaired) electrons. The van der Waals surface area contributed by atoms with Gasteiger partial charge in [-0.1, -0.05) is 13.8 Å². The summed E-state index contributed by atoms with van der Waals surface area (Å²) in [6.07, 6.45) is 1.04. The van der Waals surface area contributed by atoms with Gasteiger partial charge in [-0.25, -0.2) is 4.98 Å². The third kappa shape index (κ3) is 2.70. The van der Waals surface area contributed by atoms with E-state index in [1.165, 1.54) is 20.4 Å². The molecule has 0 fully saturated rings. The van der Waals surface area contributed by atoms with Gasteiger partial charge in [0.25, 0.3) is 0 Å². The van der Waals surface area contributed by atoms with E-state index in [0.717, 1.165) is 0 Å². The average molecular weight is 256 g/mol. The maximum Gasteiger partial charge on any atom is 0.241 e. The van der Waals surface area contributed by atoms with E-state index in [1.54, 1.807) is 13.8 Å². The molecule has 0 aromatic carbocycles. The van der Waals surface area contributed by atoms with Gasteiger partial charge in [-0.3, -0.25) is 0 Å². The van der Waals surface area contributed by atoms with Crippen LogP contribution in [-0.2, 0) is 0 Å². The van der Waals surface area contributed by atoms with Crippen molar-refractivity contribution in [1.29, 1.82) is 0 Å². The Morgan fingerprint density at radius 2 is 1.89 bits per heavy atom. The third-order valence-electron chi connectivity index (χ3n) is 3.14. The van der Waals surface area contributed by atoms with Crippen molar-refractivity contribution >= 4 is 0 Å². The minimum Gasteiger partial charge on any atom is -0.480 e. The van der Waals surface area contributed by atoms with Crippen LogP contribution in [0.25, 0.3) is 0 Å². The van der Waals surface area contributed by atoms with E-state index in [0.29, 0.717) is 18.7 Å². The van der Waals surface area contributed by atoms with E-state index in [9.17, 15) is 10.2 Å². The van der Waals surface area contributed by atoms with E-state index in [2.05, 4.69) is 9.97 Å². The third-order valence-corrected chi connectivity index (χ3v) is 3.14. The van der Waals surface area contributed by atoms with Crippen molar-refractivity contribution in [3.63, 3.8) is 0 Å². The van der Waals surface area contributed by atoms with Gasteiger partial charge in [0, 0.05) is 0 Å². The van der Waals surface area contributed by atoms with Crippen LogP contribution in [-0.4, -0.2) is 40.0 Å². The molecular formula is C12H20N2O4. The summed E-state index contributed by atoms with van der Waals surface area (Å²) in [5.74, 6) is 0.446. The number of nitrogens with zero attached hydrogens (tertiary/aromatic N) is 2. The molecule has 0 aliphatic heterocycles. The highest BCUT2D eigenvalue weighted by atomic mass is 16.5. The highest BCUT2D eigenvalue weighted by Crippen LogP contribution is 2.34. The fraction of sp³-hybridized carbons (Fsp3) is 0.667. The lowest BCUT2D eigenvalue weighted by atomic mass is 9.89. The van der Waals surface area contributed by atoms with Crippen LogP contribution in [0, 0.1) is 0 Å². The summed E-state index contributed by atoms with van der Waals surface area (Å²) in [5, 5.41) is 20.5. The van der Waals surface area contributed by atoms with Gasteiger partial charge in [-0.05, 0) is 12.8 Å². The highest BCUT2D eigenvalue weighted by molar-refractivity contribution is 5.26. The first kappa shape index (κ1) is 14.7. The van der Waals surface area contributed by atoms with Crippen LogP contribution < -0.4 is 9.47 Å². The molecule has 1 rings (SSSR count). The van der Waals surface area contributed by atoms with E-state index in [1.807, 2.05) is 0 Å². The Hall–Kier alpha value is -1.40. The van der Waals surface area contributed by atoms with Gasteiger partial charge in [0.05, 0.1) is 26.0 Å². The molecule has 1 unspecified atom stereocenters. The molecule has 1 atom stereocenters. The molecule has 2 N–H and O–H groups in total. The largest absolute Gasteiger partial charge is 0.480 e. The summed E-state index contributed by atoms with van der Waals surface area (Å²) in [6, 6.07) is 0. The second-order valence-corrected chi connectivity index (χ2v) is 4.02. The molecule has 1 aromatic rings. The normalized spacial score (nSPS) is 13.2. The molecular weight excluding hydrogens is 236 g/mol. The average Bonchev–Trinajstić information content (AvgIpc) is 2.44. The van der Waals surface area contributed by atoms with Crippen molar-refractivity contribution in [2.45, 2.75) is 38.4 Å². The van der Waals surface area contributed by atoms with Crippen molar-refractivity contribution < 1.29 is 19.7 Å². The second-order valence-electron chi connectivity index (χ2n) is 4.02. The lowest BCUT2D eigenvalue weighted by molar-refractivity contribution is -0.0849. The molecule has 1 heterocycles. The number of aromatic nitrogens is 2. The number of hydrogen-bond acceptors (Lipinski definition) is 6. The Kier molecular flexibility index (Phi) is 4.86. The maximum absolute atomic E-state index is 10.3. The molecule has 0 saturated carbocycles. The van der Waals surface area contributed by atoms with Crippen LogP contribution in [0.5, 0.6) is 11.8 Å². The fourth-order valence-electron chi connectivity index (χ4n) is 1.69. The van der Waals surface area contributed by atoms with Crippen LogP contribution in [0.1, 0.15) is 38.5 Å². The molecule has 0 aliphatic carbocycles. The van der Waals surface area contributed by atoms with E-state index < -0.39 is 11.7 Å². The smallest absolute Gasteiger partial charge is 0.241 e. The van der Waals surface area contributed by atoms with Crippen LogP contribution in [0.15, 0.2) is 6.20 Å². The topological polar surface area (TPSA) is 84.7 Å². The Balaban J connectivity index is 3.16. The SMILES string of the molecule is CCC(O)(CC)C(O)c1ncc(OC)nc1OC. The Bertz CT molecular complexity index is 394. The summed E-state index contributed by atoms with van der Waals surface area (Å²) in [4.78, 5) is 8.09. The van der Waals surface area contributed by atoms with Crippen molar-refractivity contribution in [3.8, 4) is 11.8 Å². The number of ether oxygens (including phenoxy) is 2. The summed E-state index contributed by atoms with van der Waals surface area (Å²) in [5.41, 5.74) is -1.03. The molecule has 0 bridgehead atoms. The van der Waals surface area contributed by atoms with Crippen molar-refractivity contribution in [3.05, 3.63) is 11.9 Å². The van der Waals surface area contributed by atoms with Gasteiger partial charge < -0.3 is 19.7 Å². The maximum atomic E-state index is 10.3. The number of aliphatic hydroxyl groups excluding tert-OH is 1. The molecule has 0 amide bonds. The molecule has 0 aliphatic rings. The lowest BCUT2D eigenvalue weighted by Crippen LogP contribution is -2.35. The van der Waals surface area contributed by atoms with Crippen molar-refractivity contribution in [1.82, 2.24) is 9.97 Å². The van der Waals surface area contributed by atoms with Crippen LogP contribution in [0.2, 0.25) is 0 Å². The molecule has 6 heteroatoms. The molecule has 0 spiro atoms. The minimum absolute atomic E-state index is 0.155. The van der Waals surface area contributed by atoms with Crippen LogP contribution in [0.4, 0.5) is 0 Å². The van der Waals surface area contributed by atoms with E-state index in [-0.39, 0.29) is 11.6 Å². The van der Waals surface area contributed by atoms with Crippen molar-refractivity contribution in [2.75, 3.05) is 14.2 Å². The standard InChI is InChI=1S/C12H20N2O4/c1-5-12(16,6-2)10(15)9-11(18-4)14-8(17-3)7-13-9/h7,10,15-16H,5-6H2,1-4H3. The summed E-state index contributed by atoms with van der Waals surface area (Å²) in [6.45, 7) is 3.60. The van der Waals surface area contributed by atoms with Gasteiger partial charge >= 0.3 is 0 Å². The zero-order valence-electron chi connectivity index (χ0n) is 11.2. The number of methoxy groups -OCH3 is 2. The predicted molar refractivity (Wildman–Crippen MR) is 65.6 cm³/mol. The monoisotopic (exact) mass is 256 g/mol. The number of rotatable bonds is 6. The van der Waals surface area contributed by atoms with Gasteiger partial charge in [-0.2, -0.15) is 4.98 Å². The molecule has 102 valence electrons. The highest BCUT2D eigenvalue weighted by Gasteiger charge is 2.36. The van der Waals surface area contributed by atoms with Crippen LogP contribution in [0.3, 0.4) is 0 Å². The van der Waals surface area contributed by atoms with Gasteiger partial charge in [-0.15, -0.1) is 0 Å². The quantitative estimate of drug-likeness (QED) is 0.792. The van der Waals surface area contributed by atoms with E-state index >= 15 is 0 Å². The molecule has 1 aromatic heterocycles. The van der Waals surface area contributed by atoms with E-state index in [4.69, 9.17) is 9.47 Å².